The van der Waals surface area contributed by atoms with Crippen LogP contribution in [0.25, 0.3) is 0 Å². The third-order valence-corrected chi connectivity index (χ3v) is 5.76. The molecule has 1 heterocycles. The molecule has 7 heteroatoms. The maximum atomic E-state index is 12.3. The predicted molar refractivity (Wildman–Crippen MR) is 94.7 cm³/mol. The van der Waals surface area contributed by atoms with Crippen molar-refractivity contribution in [3.8, 4) is 0 Å². The molecule has 1 saturated heterocycles. The largest absolute Gasteiger partial charge is 0.295 e. The number of carbonyl (C=O) groups excluding carboxylic acids is 1. The first-order chi connectivity index (χ1) is 11.0. The molecule has 0 N–H and O–H groups in total. The molecular formula is C16H13BrN2O3S. The lowest BCUT2D eigenvalue weighted by atomic mass is 10.1. The summed E-state index contributed by atoms with van der Waals surface area (Å²) < 4.78 is 0.979. The average molecular weight is 393 g/mol. The van der Waals surface area contributed by atoms with Crippen LogP contribution in [-0.2, 0) is 4.79 Å². The Morgan fingerprint density at radius 2 is 2.09 bits per heavy atom. The molecule has 0 saturated carbocycles. The number of hydrogen-bond donors (Lipinski definition) is 0. The second kappa shape index (κ2) is 6.33. The Morgan fingerprint density at radius 3 is 2.78 bits per heavy atom. The SMILES string of the molecule is Cc1cc(N2C(=O)CS[C@@H]2c2cccc([N+](=O)[O-])c2)ccc1Br. The van der Waals surface area contributed by atoms with Crippen LogP contribution >= 0.6 is 27.7 Å². The van der Waals surface area contributed by atoms with Crippen molar-refractivity contribution in [1.29, 1.82) is 0 Å². The van der Waals surface area contributed by atoms with Crippen molar-refractivity contribution in [2.75, 3.05) is 10.7 Å². The maximum absolute atomic E-state index is 12.3. The number of carbonyl (C=O) groups is 1. The van der Waals surface area contributed by atoms with Crippen LogP contribution in [0.2, 0.25) is 0 Å². The quantitative estimate of drug-likeness (QED) is 0.571. The van der Waals surface area contributed by atoms with Crippen molar-refractivity contribution in [3.05, 3.63) is 68.2 Å². The molecule has 0 bridgehead atoms. The minimum atomic E-state index is -0.418. The summed E-state index contributed by atoms with van der Waals surface area (Å²) in [6, 6.07) is 12.2. The van der Waals surface area contributed by atoms with Gasteiger partial charge >= 0.3 is 0 Å². The Bertz CT molecular complexity index is 797. The molecule has 1 atom stereocenters. The molecule has 0 aliphatic carbocycles. The van der Waals surface area contributed by atoms with Gasteiger partial charge in [-0.1, -0.05) is 28.1 Å². The molecule has 0 aromatic heterocycles. The lowest BCUT2D eigenvalue weighted by Gasteiger charge is -2.24. The fraction of sp³-hybridized carbons (Fsp3) is 0.188. The molecule has 0 spiro atoms. The van der Waals surface area contributed by atoms with Gasteiger partial charge in [0, 0.05) is 22.3 Å². The Hall–Kier alpha value is -1.86. The first-order valence-corrected chi connectivity index (χ1v) is 8.76. The van der Waals surface area contributed by atoms with Crippen LogP contribution in [0.15, 0.2) is 46.9 Å². The third-order valence-electron chi connectivity index (χ3n) is 3.65. The van der Waals surface area contributed by atoms with Gasteiger partial charge in [-0.05, 0) is 36.2 Å². The van der Waals surface area contributed by atoms with E-state index < -0.39 is 4.92 Å². The van der Waals surface area contributed by atoms with Crippen LogP contribution in [0.4, 0.5) is 11.4 Å². The number of amides is 1. The fourth-order valence-corrected chi connectivity index (χ4v) is 3.93. The number of nitro groups is 1. The fourth-order valence-electron chi connectivity index (χ4n) is 2.52. The summed E-state index contributed by atoms with van der Waals surface area (Å²) in [7, 11) is 0. The molecule has 3 rings (SSSR count). The summed E-state index contributed by atoms with van der Waals surface area (Å²) in [4.78, 5) is 24.6. The van der Waals surface area contributed by atoms with E-state index >= 15 is 0 Å². The van der Waals surface area contributed by atoms with Crippen molar-refractivity contribution >= 4 is 45.0 Å². The molecule has 2 aromatic carbocycles. The molecule has 23 heavy (non-hydrogen) atoms. The van der Waals surface area contributed by atoms with E-state index in [0.717, 1.165) is 21.3 Å². The van der Waals surface area contributed by atoms with Crippen molar-refractivity contribution in [2.45, 2.75) is 12.3 Å². The lowest BCUT2D eigenvalue weighted by molar-refractivity contribution is -0.384. The zero-order valence-electron chi connectivity index (χ0n) is 12.2. The monoisotopic (exact) mass is 392 g/mol. The van der Waals surface area contributed by atoms with Gasteiger partial charge in [-0.2, -0.15) is 0 Å². The summed E-state index contributed by atoms with van der Waals surface area (Å²) in [6.45, 7) is 1.96. The van der Waals surface area contributed by atoms with Gasteiger partial charge in [0.05, 0.1) is 10.7 Å². The number of thioether (sulfide) groups is 1. The summed E-state index contributed by atoms with van der Waals surface area (Å²) in [5.74, 6) is 0.371. The molecule has 5 nitrogen and oxygen atoms in total. The molecule has 2 aromatic rings. The Morgan fingerprint density at radius 1 is 1.30 bits per heavy atom. The van der Waals surface area contributed by atoms with E-state index in [1.807, 2.05) is 31.2 Å². The van der Waals surface area contributed by atoms with Crippen LogP contribution in [0.5, 0.6) is 0 Å². The summed E-state index contributed by atoms with van der Waals surface area (Å²) in [5.41, 5.74) is 2.63. The molecular weight excluding hydrogens is 380 g/mol. The predicted octanol–water partition coefficient (Wildman–Crippen LogP) is 4.44. The van der Waals surface area contributed by atoms with Gasteiger partial charge in [-0.15, -0.1) is 11.8 Å². The van der Waals surface area contributed by atoms with Gasteiger partial charge < -0.3 is 0 Å². The molecule has 0 unspecified atom stereocenters. The highest BCUT2D eigenvalue weighted by atomic mass is 79.9. The number of rotatable bonds is 3. The molecule has 1 aliphatic rings. The third kappa shape index (κ3) is 3.11. The minimum absolute atomic E-state index is 0.00762. The number of hydrogen-bond acceptors (Lipinski definition) is 4. The van der Waals surface area contributed by atoms with Crippen LogP contribution in [0.3, 0.4) is 0 Å². The Labute approximate surface area is 146 Å². The Kier molecular flexibility index (Phi) is 4.41. The standard InChI is InChI=1S/C16H13BrN2O3S/c1-10-7-12(5-6-14(10)17)18-15(20)9-23-16(18)11-3-2-4-13(8-11)19(21)22/h2-8,16H,9H2,1H3/t16-/m1/s1. The van der Waals surface area contributed by atoms with Gasteiger partial charge in [0.25, 0.3) is 5.69 Å². The highest BCUT2D eigenvalue weighted by Crippen LogP contribution is 2.43. The number of nitro benzene ring substituents is 1. The second-order valence-corrected chi connectivity index (χ2v) is 7.14. The zero-order chi connectivity index (χ0) is 16.6. The summed E-state index contributed by atoms with van der Waals surface area (Å²) >= 11 is 4.93. The summed E-state index contributed by atoms with van der Waals surface area (Å²) in [5, 5.41) is 10.7. The van der Waals surface area contributed by atoms with E-state index in [2.05, 4.69) is 15.9 Å². The van der Waals surface area contributed by atoms with Crippen LogP contribution in [0.1, 0.15) is 16.5 Å². The van der Waals surface area contributed by atoms with Gasteiger partial charge in [0.1, 0.15) is 5.37 Å². The van der Waals surface area contributed by atoms with Gasteiger partial charge in [-0.3, -0.25) is 19.8 Å². The highest BCUT2D eigenvalue weighted by Gasteiger charge is 2.34. The van der Waals surface area contributed by atoms with E-state index in [1.54, 1.807) is 11.0 Å². The van der Waals surface area contributed by atoms with E-state index in [0.29, 0.717) is 5.75 Å². The first-order valence-electron chi connectivity index (χ1n) is 6.91. The molecule has 1 fully saturated rings. The van der Waals surface area contributed by atoms with Crippen LogP contribution in [-0.4, -0.2) is 16.6 Å². The van der Waals surface area contributed by atoms with E-state index in [-0.39, 0.29) is 17.0 Å². The number of nitrogens with zero attached hydrogens (tertiary/aromatic N) is 2. The molecule has 1 amide bonds. The van der Waals surface area contributed by atoms with Crippen molar-refractivity contribution < 1.29 is 9.72 Å². The number of halogens is 1. The maximum Gasteiger partial charge on any atom is 0.269 e. The van der Waals surface area contributed by atoms with Gasteiger partial charge in [-0.25, -0.2) is 0 Å². The number of benzene rings is 2. The van der Waals surface area contributed by atoms with E-state index in [4.69, 9.17) is 0 Å². The van der Waals surface area contributed by atoms with E-state index in [1.165, 1.54) is 23.9 Å². The minimum Gasteiger partial charge on any atom is -0.295 e. The number of anilines is 1. The zero-order valence-corrected chi connectivity index (χ0v) is 14.6. The molecule has 0 radical (unpaired) electrons. The average Bonchev–Trinajstić information content (AvgIpc) is 2.92. The van der Waals surface area contributed by atoms with E-state index in [9.17, 15) is 14.9 Å². The molecule has 118 valence electrons. The van der Waals surface area contributed by atoms with Crippen LogP contribution < -0.4 is 4.90 Å². The van der Waals surface area contributed by atoms with Gasteiger partial charge in [0.15, 0.2) is 0 Å². The molecule has 1 aliphatic heterocycles. The highest BCUT2D eigenvalue weighted by molar-refractivity contribution is 9.10. The summed E-state index contributed by atoms with van der Waals surface area (Å²) in [6.07, 6.45) is 0. The topological polar surface area (TPSA) is 63.5 Å². The smallest absolute Gasteiger partial charge is 0.269 e. The van der Waals surface area contributed by atoms with Crippen LogP contribution in [0, 0.1) is 17.0 Å². The number of aryl methyl sites for hydroxylation is 1. The first kappa shape index (κ1) is 16.0. The van der Waals surface area contributed by atoms with Gasteiger partial charge in [0.2, 0.25) is 5.91 Å². The van der Waals surface area contributed by atoms with Crippen molar-refractivity contribution in [2.24, 2.45) is 0 Å². The van der Waals surface area contributed by atoms with Crippen molar-refractivity contribution in [1.82, 2.24) is 0 Å². The second-order valence-electron chi connectivity index (χ2n) is 5.21. The number of non-ortho nitro benzene ring substituents is 1. The van der Waals surface area contributed by atoms with Crippen molar-refractivity contribution in [3.63, 3.8) is 0 Å². The Balaban J connectivity index is 2.01. The normalized spacial score (nSPS) is 17.6. The lowest BCUT2D eigenvalue weighted by Crippen LogP contribution is -2.27.